The third-order valence-electron chi connectivity index (χ3n) is 2.42. The molecule has 1 heterocycles. The van der Waals surface area contributed by atoms with E-state index < -0.39 is 11.4 Å². The molecule has 4 nitrogen and oxygen atoms in total. The molecule has 0 aromatic rings. The Morgan fingerprint density at radius 3 is 2.43 bits per heavy atom. The molecule has 1 saturated heterocycles. The van der Waals surface area contributed by atoms with Gasteiger partial charge in [0.05, 0.1) is 0 Å². The molecule has 0 aromatic heterocycles. The van der Waals surface area contributed by atoms with Crippen LogP contribution in [0, 0.1) is 0 Å². The van der Waals surface area contributed by atoms with E-state index in [0.29, 0.717) is 12.8 Å². The molecule has 0 bridgehead atoms. The number of allylic oxidation sites excluding steroid dienone is 2. The van der Waals surface area contributed by atoms with Gasteiger partial charge in [0.2, 0.25) is 0 Å². The molecule has 4 heteroatoms. The molecule has 76 valence electrons. The molecule has 0 saturated carbocycles. The lowest BCUT2D eigenvalue weighted by atomic mass is 9.90. The molecule has 2 aliphatic rings. The van der Waals surface area contributed by atoms with Crippen LogP contribution in [-0.4, -0.2) is 22.3 Å². The summed E-state index contributed by atoms with van der Waals surface area (Å²) in [4.78, 5) is 20.8. The Bertz CT molecular complexity index is 286. The molecule has 1 atom stereocenters. The quantitative estimate of drug-likeness (QED) is 0.584. The SMILES string of the molecule is CC1(O)CCC2(C=CC(=O)C=C2)OO1. The first-order valence-corrected chi connectivity index (χ1v) is 4.53. The fourth-order valence-electron chi connectivity index (χ4n) is 1.46. The van der Waals surface area contributed by atoms with Crippen molar-refractivity contribution in [1.82, 2.24) is 0 Å². The number of aliphatic hydroxyl groups is 1. The molecule has 1 unspecified atom stereocenters. The van der Waals surface area contributed by atoms with E-state index in [1.807, 2.05) is 0 Å². The first kappa shape index (κ1) is 9.58. The standard InChI is InChI=1S/C10H12O4/c1-9(12)6-7-10(14-13-9)4-2-8(11)3-5-10/h2-5,12H,6-7H2,1H3. The zero-order valence-corrected chi connectivity index (χ0v) is 7.90. The molecule has 14 heavy (non-hydrogen) atoms. The molecular weight excluding hydrogens is 184 g/mol. The summed E-state index contributed by atoms with van der Waals surface area (Å²) < 4.78 is 0. The highest BCUT2D eigenvalue weighted by molar-refractivity contribution is 6.00. The van der Waals surface area contributed by atoms with Crippen LogP contribution in [-0.2, 0) is 14.6 Å². The van der Waals surface area contributed by atoms with Gasteiger partial charge in [0.1, 0.15) is 5.60 Å². The van der Waals surface area contributed by atoms with Crippen molar-refractivity contribution in [2.24, 2.45) is 0 Å². The van der Waals surface area contributed by atoms with Crippen molar-refractivity contribution < 1.29 is 19.7 Å². The lowest BCUT2D eigenvalue weighted by molar-refractivity contribution is -0.464. The Kier molecular flexibility index (Phi) is 2.06. The Morgan fingerprint density at radius 1 is 1.29 bits per heavy atom. The van der Waals surface area contributed by atoms with Crippen molar-refractivity contribution in [3.05, 3.63) is 24.3 Å². The molecule has 1 fully saturated rings. The zero-order valence-electron chi connectivity index (χ0n) is 7.90. The van der Waals surface area contributed by atoms with Gasteiger partial charge in [-0.3, -0.25) is 4.79 Å². The Morgan fingerprint density at radius 2 is 1.93 bits per heavy atom. The predicted molar refractivity (Wildman–Crippen MR) is 48.0 cm³/mol. The number of carbonyl (C=O) groups excluding carboxylic acids is 1. The van der Waals surface area contributed by atoms with Crippen LogP contribution in [0.5, 0.6) is 0 Å². The number of hydrogen-bond acceptors (Lipinski definition) is 4. The average molecular weight is 196 g/mol. The molecule has 1 aliphatic heterocycles. The zero-order chi connectivity index (χ0) is 10.2. The normalized spacial score (nSPS) is 35.1. The summed E-state index contributed by atoms with van der Waals surface area (Å²) in [6, 6.07) is 0. The number of carbonyl (C=O) groups is 1. The van der Waals surface area contributed by atoms with Crippen molar-refractivity contribution in [3.63, 3.8) is 0 Å². The van der Waals surface area contributed by atoms with Gasteiger partial charge in [0, 0.05) is 6.42 Å². The molecule has 0 radical (unpaired) electrons. The van der Waals surface area contributed by atoms with E-state index in [4.69, 9.17) is 9.78 Å². The maximum absolute atomic E-state index is 10.9. The van der Waals surface area contributed by atoms with Gasteiger partial charge in [-0.15, -0.1) is 0 Å². The van der Waals surface area contributed by atoms with E-state index in [1.165, 1.54) is 12.2 Å². The Balaban J connectivity index is 2.11. The predicted octanol–water partition coefficient (Wildman–Crippen LogP) is 0.871. The number of rotatable bonds is 0. The van der Waals surface area contributed by atoms with Gasteiger partial charge in [0.15, 0.2) is 11.6 Å². The first-order chi connectivity index (χ1) is 6.52. The highest BCUT2D eigenvalue weighted by atomic mass is 17.2. The third-order valence-corrected chi connectivity index (χ3v) is 2.42. The van der Waals surface area contributed by atoms with Crippen LogP contribution in [0.1, 0.15) is 19.8 Å². The maximum atomic E-state index is 10.9. The largest absolute Gasteiger partial charge is 0.363 e. The monoisotopic (exact) mass is 196 g/mol. The second-order valence-electron chi connectivity index (χ2n) is 3.87. The summed E-state index contributed by atoms with van der Waals surface area (Å²) in [5.74, 6) is -1.29. The van der Waals surface area contributed by atoms with Gasteiger partial charge < -0.3 is 5.11 Å². The first-order valence-electron chi connectivity index (χ1n) is 4.53. The summed E-state index contributed by atoms with van der Waals surface area (Å²) in [5, 5.41) is 9.48. The highest BCUT2D eigenvalue weighted by Gasteiger charge is 2.40. The van der Waals surface area contributed by atoms with Crippen LogP contribution in [0.15, 0.2) is 24.3 Å². The fourth-order valence-corrected chi connectivity index (χ4v) is 1.46. The van der Waals surface area contributed by atoms with E-state index in [2.05, 4.69) is 0 Å². The summed E-state index contributed by atoms with van der Waals surface area (Å²) >= 11 is 0. The van der Waals surface area contributed by atoms with E-state index >= 15 is 0 Å². The second kappa shape index (κ2) is 3.02. The minimum Gasteiger partial charge on any atom is -0.363 e. The molecule has 1 N–H and O–H groups in total. The van der Waals surface area contributed by atoms with Crippen molar-refractivity contribution in [3.8, 4) is 0 Å². The van der Waals surface area contributed by atoms with Crippen LogP contribution >= 0.6 is 0 Å². The Hall–Kier alpha value is -0.970. The average Bonchev–Trinajstić information content (AvgIpc) is 2.16. The summed E-state index contributed by atoms with van der Waals surface area (Å²) in [6.07, 6.45) is 7.28. The van der Waals surface area contributed by atoms with Gasteiger partial charge in [-0.1, -0.05) is 0 Å². The molecule has 2 rings (SSSR count). The Labute approximate surface area is 81.7 Å². The maximum Gasteiger partial charge on any atom is 0.196 e. The molecule has 0 aromatic carbocycles. The van der Waals surface area contributed by atoms with Gasteiger partial charge in [-0.2, -0.15) is 0 Å². The molecule has 0 amide bonds. The minimum absolute atomic E-state index is 0.0587. The van der Waals surface area contributed by atoms with E-state index in [1.54, 1.807) is 19.1 Å². The van der Waals surface area contributed by atoms with Crippen molar-refractivity contribution in [2.75, 3.05) is 0 Å². The van der Waals surface area contributed by atoms with E-state index in [0.717, 1.165) is 0 Å². The minimum atomic E-state index is -1.23. The summed E-state index contributed by atoms with van der Waals surface area (Å²) in [5.41, 5.74) is -0.670. The van der Waals surface area contributed by atoms with E-state index in [-0.39, 0.29) is 5.78 Å². The second-order valence-corrected chi connectivity index (χ2v) is 3.87. The fraction of sp³-hybridized carbons (Fsp3) is 0.500. The number of ketones is 1. The van der Waals surface area contributed by atoms with Gasteiger partial charge in [-0.05, 0) is 37.6 Å². The molecule has 1 aliphatic carbocycles. The summed E-state index contributed by atoms with van der Waals surface area (Å²) in [7, 11) is 0. The van der Waals surface area contributed by atoms with Crippen molar-refractivity contribution >= 4 is 5.78 Å². The van der Waals surface area contributed by atoms with Crippen LogP contribution in [0.4, 0.5) is 0 Å². The molecular formula is C10H12O4. The lowest BCUT2D eigenvalue weighted by Crippen LogP contribution is -2.43. The third kappa shape index (κ3) is 1.77. The van der Waals surface area contributed by atoms with Crippen LogP contribution in [0.25, 0.3) is 0 Å². The van der Waals surface area contributed by atoms with Gasteiger partial charge >= 0.3 is 0 Å². The van der Waals surface area contributed by atoms with Crippen molar-refractivity contribution in [2.45, 2.75) is 31.2 Å². The topological polar surface area (TPSA) is 55.8 Å². The van der Waals surface area contributed by atoms with Crippen LogP contribution in [0.2, 0.25) is 0 Å². The smallest absolute Gasteiger partial charge is 0.196 e. The van der Waals surface area contributed by atoms with Crippen LogP contribution in [0.3, 0.4) is 0 Å². The van der Waals surface area contributed by atoms with Gasteiger partial charge in [-0.25, -0.2) is 9.78 Å². The van der Waals surface area contributed by atoms with Crippen LogP contribution < -0.4 is 0 Å². The van der Waals surface area contributed by atoms with Crippen molar-refractivity contribution in [1.29, 1.82) is 0 Å². The number of hydrogen-bond donors (Lipinski definition) is 1. The van der Waals surface area contributed by atoms with Gasteiger partial charge in [0.25, 0.3) is 0 Å². The van der Waals surface area contributed by atoms with E-state index in [9.17, 15) is 9.90 Å². The summed E-state index contributed by atoms with van der Waals surface area (Å²) in [6.45, 7) is 1.54. The molecule has 1 spiro atoms. The highest BCUT2D eigenvalue weighted by Crippen LogP contribution is 2.34. The lowest BCUT2D eigenvalue weighted by Gasteiger charge is -2.38.